The van der Waals surface area contributed by atoms with E-state index in [4.69, 9.17) is 0 Å². The van der Waals surface area contributed by atoms with Crippen LogP contribution in [0.1, 0.15) is 38.4 Å². The molecule has 0 saturated carbocycles. The topological polar surface area (TPSA) is 80.5 Å². The van der Waals surface area contributed by atoms with Gasteiger partial charge in [-0.3, -0.25) is 14.5 Å². The number of benzene rings is 2. The maximum absolute atomic E-state index is 12.9. The zero-order valence-corrected chi connectivity index (χ0v) is 20.4. The minimum atomic E-state index is -0.172. The van der Waals surface area contributed by atoms with Crippen LogP contribution < -0.4 is 10.6 Å². The van der Waals surface area contributed by atoms with Crippen molar-refractivity contribution in [3.63, 3.8) is 0 Å². The lowest BCUT2D eigenvalue weighted by Gasteiger charge is -2.32. The summed E-state index contributed by atoms with van der Waals surface area (Å²) in [6.07, 6.45) is 1.87. The lowest BCUT2D eigenvalue weighted by atomic mass is 10.0. The highest BCUT2D eigenvalue weighted by molar-refractivity contribution is 6.35. The van der Waals surface area contributed by atoms with Gasteiger partial charge < -0.3 is 20.5 Å². The fourth-order valence-electron chi connectivity index (χ4n) is 4.68. The molecule has 1 fully saturated rings. The number of likely N-dealkylation sites (N-methyl/N-ethyl adjacent to an activating group) is 1. The van der Waals surface area contributed by atoms with Gasteiger partial charge in [0.1, 0.15) is 0 Å². The SMILES string of the molecule is Cc1cc(C)c(/C=C2\C(=O)Nc3ccc(NC(=O)c4ccc(CN5CCN(C)CC5)cc4)cc32)[nH]1. The number of hydrogen-bond acceptors (Lipinski definition) is 4. The molecule has 2 amide bonds. The molecule has 35 heavy (non-hydrogen) atoms. The fourth-order valence-corrected chi connectivity index (χ4v) is 4.68. The van der Waals surface area contributed by atoms with Crippen LogP contribution in [-0.2, 0) is 11.3 Å². The van der Waals surface area contributed by atoms with Gasteiger partial charge in [-0.15, -0.1) is 0 Å². The van der Waals surface area contributed by atoms with Crippen LogP contribution in [0.4, 0.5) is 11.4 Å². The third-order valence-electron chi connectivity index (χ3n) is 6.76. The molecule has 0 bridgehead atoms. The number of aromatic nitrogens is 1. The average Bonchev–Trinajstić information content (AvgIpc) is 3.32. The summed E-state index contributed by atoms with van der Waals surface area (Å²) in [7, 11) is 2.15. The molecule has 1 aromatic heterocycles. The van der Waals surface area contributed by atoms with Gasteiger partial charge in [-0.2, -0.15) is 0 Å². The number of nitrogens with one attached hydrogen (secondary N) is 3. The van der Waals surface area contributed by atoms with Crippen molar-refractivity contribution in [3.8, 4) is 0 Å². The number of fused-ring (bicyclic) bond motifs is 1. The molecule has 0 radical (unpaired) electrons. The molecule has 2 aliphatic heterocycles. The van der Waals surface area contributed by atoms with Crippen LogP contribution in [0.2, 0.25) is 0 Å². The van der Waals surface area contributed by atoms with E-state index in [1.165, 1.54) is 5.56 Å². The van der Waals surface area contributed by atoms with E-state index < -0.39 is 0 Å². The molecule has 2 aliphatic rings. The number of rotatable bonds is 5. The van der Waals surface area contributed by atoms with Gasteiger partial charge in [-0.05, 0) is 74.5 Å². The van der Waals surface area contributed by atoms with Crippen LogP contribution in [0.3, 0.4) is 0 Å². The molecule has 0 spiro atoms. The van der Waals surface area contributed by atoms with E-state index in [0.717, 1.165) is 60.9 Å². The second-order valence-corrected chi connectivity index (χ2v) is 9.55. The number of anilines is 2. The Balaban J connectivity index is 1.29. The van der Waals surface area contributed by atoms with Crippen LogP contribution in [0.15, 0.2) is 48.5 Å². The molecule has 0 unspecified atom stereocenters. The van der Waals surface area contributed by atoms with Crippen LogP contribution in [0.5, 0.6) is 0 Å². The second kappa shape index (κ2) is 9.52. The molecule has 0 atom stereocenters. The lowest BCUT2D eigenvalue weighted by Crippen LogP contribution is -2.43. The number of amides is 2. The summed E-state index contributed by atoms with van der Waals surface area (Å²) in [6, 6.07) is 15.3. The molecule has 3 aromatic rings. The van der Waals surface area contributed by atoms with E-state index in [0.29, 0.717) is 16.8 Å². The molecular formula is C28H31N5O2. The van der Waals surface area contributed by atoms with Crippen molar-refractivity contribution in [2.45, 2.75) is 20.4 Å². The average molecular weight is 470 g/mol. The Kier molecular flexibility index (Phi) is 6.28. The van der Waals surface area contributed by atoms with Gasteiger partial charge in [0.25, 0.3) is 11.8 Å². The highest BCUT2D eigenvalue weighted by Crippen LogP contribution is 2.35. The number of aryl methyl sites for hydroxylation is 2. The summed E-state index contributed by atoms with van der Waals surface area (Å²) >= 11 is 0. The Morgan fingerprint density at radius 1 is 1.03 bits per heavy atom. The van der Waals surface area contributed by atoms with Crippen molar-refractivity contribution in [3.05, 3.63) is 82.2 Å². The van der Waals surface area contributed by atoms with Gasteiger partial charge in [0, 0.05) is 66.6 Å². The Bertz CT molecular complexity index is 1300. The van der Waals surface area contributed by atoms with Crippen LogP contribution in [0, 0.1) is 13.8 Å². The minimum absolute atomic E-state index is 0.147. The maximum atomic E-state index is 12.9. The Morgan fingerprint density at radius 2 is 1.77 bits per heavy atom. The molecule has 1 saturated heterocycles. The van der Waals surface area contributed by atoms with Gasteiger partial charge in [0.2, 0.25) is 0 Å². The summed E-state index contributed by atoms with van der Waals surface area (Å²) in [4.78, 5) is 33.6. The van der Waals surface area contributed by atoms with E-state index in [1.54, 1.807) is 0 Å². The second-order valence-electron chi connectivity index (χ2n) is 9.55. The Morgan fingerprint density at radius 3 is 2.46 bits per heavy atom. The number of carbonyl (C=O) groups excluding carboxylic acids is 2. The molecule has 180 valence electrons. The first-order chi connectivity index (χ1) is 16.9. The normalized spacial score (nSPS) is 17.5. The van der Waals surface area contributed by atoms with Gasteiger partial charge in [-0.25, -0.2) is 0 Å². The van der Waals surface area contributed by atoms with Gasteiger partial charge >= 0.3 is 0 Å². The van der Waals surface area contributed by atoms with E-state index in [9.17, 15) is 9.59 Å². The first-order valence-corrected chi connectivity index (χ1v) is 12.0. The van der Waals surface area contributed by atoms with Crippen molar-refractivity contribution in [1.82, 2.24) is 14.8 Å². The number of H-pyrrole nitrogens is 1. The summed E-state index contributed by atoms with van der Waals surface area (Å²) in [5, 5.41) is 5.89. The summed E-state index contributed by atoms with van der Waals surface area (Å²) in [5.74, 6) is -0.319. The number of carbonyl (C=O) groups is 2. The van der Waals surface area contributed by atoms with Crippen molar-refractivity contribution < 1.29 is 9.59 Å². The first-order valence-electron chi connectivity index (χ1n) is 12.0. The summed E-state index contributed by atoms with van der Waals surface area (Å²) < 4.78 is 0. The Hall–Kier alpha value is -3.68. The first kappa shape index (κ1) is 23.1. The zero-order valence-electron chi connectivity index (χ0n) is 20.4. The fraction of sp³-hybridized carbons (Fsp3) is 0.286. The largest absolute Gasteiger partial charge is 0.359 e. The maximum Gasteiger partial charge on any atom is 0.256 e. The molecule has 0 aliphatic carbocycles. The predicted octanol–water partition coefficient (Wildman–Crippen LogP) is 4.12. The quantitative estimate of drug-likeness (QED) is 0.491. The van der Waals surface area contributed by atoms with Crippen LogP contribution in [0.25, 0.3) is 11.6 Å². The molecular weight excluding hydrogens is 438 g/mol. The molecule has 7 heteroatoms. The van der Waals surface area contributed by atoms with E-state index in [2.05, 4.69) is 32.5 Å². The number of nitrogens with zero attached hydrogens (tertiary/aromatic N) is 2. The number of hydrogen-bond donors (Lipinski definition) is 3. The predicted molar refractivity (Wildman–Crippen MR) is 140 cm³/mol. The van der Waals surface area contributed by atoms with Crippen molar-refractivity contribution >= 4 is 34.8 Å². The third kappa shape index (κ3) is 5.06. The van der Waals surface area contributed by atoms with Crippen molar-refractivity contribution in [2.24, 2.45) is 0 Å². The highest BCUT2D eigenvalue weighted by Gasteiger charge is 2.25. The van der Waals surface area contributed by atoms with E-state index in [1.807, 2.05) is 68.5 Å². The van der Waals surface area contributed by atoms with Crippen LogP contribution in [-0.4, -0.2) is 59.8 Å². The number of aromatic amines is 1. The molecule has 3 heterocycles. The highest BCUT2D eigenvalue weighted by atomic mass is 16.2. The molecule has 7 nitrogen and oxygen atoms in total. The summed E-state index contributed by atoms with van der Waals surface area (Å²) in [6.45, 7) is 9.20. The van der Waals surface area contributed by atoms with Crippen molar-refractivity contribution in [1.29, 1.82) is 0 Å². The zero-order chi connectivity index (χ0) is 24.5. The van der Waals surface area contributed by atoms with Crippen molar-refractivity contribution in [2.75, 3.05) is 43.9 Å². The third-order valence-corrected chi connectivity index (χ3v) is 6.76. The van der Waals surface area contributed by atoms with Crippen LogP contribution >= 0.6 is 0 Å². The molecule has 3 N–H and O–H groups in total. The molecule has 5 rings (SSSR count). The van der Waals surface area contributed by atoms with Gasteiger partial charge in [0.05, 0.1) is 5.57 Å². The summed E-state index contributed by atoms with van der Waals surface area (Å²) in [5.41, 5.74) is 7.60. The Labute approximate surface area is 205 Å². The minimum Gasteiger partial charge on any atom is -0.359 e. The monoisotopic (exact) mass is 469 g/mol. The van der Waals surface area contributed by atoms with E-state index >= 15 is 0 Å². The van der Waals surface area contributed by atoms with Gasteiger partial charge in [-0.1, -0.05) is 12.1 Å². The van der Waals surface area contributed by atoms with E-state index in [-0.39, 0.29) is 11.8 Å². The lowest BCUT2D eigenvalue weighted by molar-refractivity contribution is -0.110. The smallest absolute Gasteiger partial charge is 0.256 e. The number of piperazine rings is 1. The standard InChI is InChI=1S/C28H31N5O2/c1-18-14-19(2)29-26(18)16-24-23-15-22(8-9-25(23)31-28(24)35)30-27(34)21-6-4-20(5-7-21)17-33-12-10-32(3)11-13-33/h4-9,14-16,29H,10-13,17H2,1-3H3,(H,30,34)(H,31,35)/b24-16-. The van der Waals surface area contributed by atoms with Gasteiger partial charge in [0.15, 0.2) is 0 Å². The molecule has 2 aromatic carbocycles.